The number of aliphatic imine (C=N–C) groups is 1. The molecule has 0 bridgehead atoms. The molecule has 0 saturated heterocycles. The van der Waals surface area contributed by atoms with Crippen LogP contribution in [-0.4, -0.2) is 38.7 Å². The molecule has 4 aromatic rings. The lowest BCUT2D eigenvalue weighted by atomic mass is 9.96. The maximum atomic E-state index is 13.5. The first kappa shape index (κ1) is 27.5. The molecule has 0 spiro atoms. The Balaban J connectivity index is 1.37. The largest absolute Gasteiger partial charge is 0.508 e. The van der Waals surface area contributed by atoms with E-state index in [0.29, 0.717) is 39.4 Å². The maximum absolute atomic E-state index is 13.5. The van der Waals surface area contributed by atoms with E-state index in [1.54, 1.807) is 72.3 Å². The molecule has 1 aliphatic rings. The normalized spacial score (nSPS) is 14.7. The molecule has 2 heterocycles. The van der Waals surface area contributed by atoms with Crippen molar-refractivity contribution in [2.45, 2.75) is 46.1 Å². The van der Waals surface area contributed by atoms with Crippen LogP contribution in [-0.2, 0) is 10.3 Å². The lowest BCUT2D eigenvalue weighted by Crippen LogP contribution is -2.29. The van der Waals surface area contributed by atoms with Crippen LogP contribution in [0, 0.1) is 13.8 Å². The predicted octanol–water partition coefficient (Wildman–Crippen LogP) is 5.88. The first-order chi connectivity index (χ1) is 19.4. The molecule has 41 heavy (non-hydrogen) atoms. The quantitative estimate of drug-likeness (QED) is 0.205. The number of rotatable bonds is 6. The minimum atomic E-state index is -0.692. The first-order valence-corrected chi connectivity index (χ1v) is 13.2. The predicted molar refractivity (Wildman–Crippen MR) is 159 cm³/mol. The molecule has 9 nitrogen and oxygen atoms in total. The molecule has 3 aromatic carbocycles. The molecular formula is C32H31N5O4. The monoisotopic (exact) mass is 549 g/mol. The Morgan fingerprint density at radius 3 is 2.51 bits per heavy atom. The summed E-state index contributed by atoms with van der Waals surface area (Å²) in [5.74, 6) is -1.39. The van der Waals surface area contributed by atoms with Crippen LogP contribution >= 0.6 is 0 Å². The number of hydrogen-bond donors (Lipinski definition) is 3. The molecular weight excluding hydrogens is 518 g/mol. The second-order valence-corrected chi connectivity index (χ2v) is 11.1. The zero-order valence-corrected chi connectivity index (χ0v) is 23.5. The Hall–Kier alpha value is -5.05. The van der Waals surface area contributed by atoms with E-state index in [-0.39, 0.29) is 28.9 Å². The number of nitrogens with one attached hydrogen (secondary N) is 2. The third-order valence-electron chi connectivity index (χ3n) is 6.84. The number of fused-ring (bicyclic) bond motifs is 1. The summed E-state index contributed by atoms with van der Waals surface area (Å²) < 4.78 is 1.69. The number of anilines is 2. The van der Waals surface area contributed by atoms with Crippen LogP contribution in [0.1, 0.15) is 69.9 Å². The van der Waals surface area contributed by atoms with Crippen LogP contribution in [0.15, 0.2) is 71.7 Å². The van der Waals surface area contributed by atoms with Crippen LogP contribution in [0.4, 0.5) is 17.1 Å². The lowest BCUT2D eigenvalue weighted by Gasteiger charge is -2.22. The van der Waals surface area contributed by atoms with Gasteiger partial charge in [0.15, 0.2) is 5.78 Å². The topological polar surface area (TPSA) is 126 Å². The van der Waals surface area contributed by atoms with E-state index in [9.17, 15) is 19.5 Å². The number of aromatic hydroxyl groups is 1. The van der Waals surface area contributed by atoms with Crippen LogP contribution in [0.25, 0.3) is 0 Å². The molecule has 2 amide bonds. The molecule has 9 heteroatoms. The zero-order valence-electron chi connectivity index (χ0n) is 23.5. The summed E-state index contributed by atoms with van der Waals surface area (Å²) >= 11 is 0. The zero-order chi connectivity index (χ0) is 29.5. The molecule has 5 rings (SSSR count). The number of phenolic OH excluding ortho intramolecular Hbond substituents is 1. The minimum Gasteiger partial charge on any atom is -0.508 e. The molecule has 1 atom stereocenters. The smallest absolute Gasteiger partial charge is 0.273 e. The van der Waals surface area contributed by atoms with Crippen molar-refractivity contribution in [3.8, 4) is 5.75 Å². The number of carbonyl (C=O) groups excluding carboxylic acids is 3. The van der Waals surface area contributed by atoms with Gasteiger partial charge in [-0.25, -0.2) is 0 Å². The van der Waals surface area contributed by atoms with Crippen molar-refractivity contribution >= 4 is 40.9 Å². The van der Waals surface area contributed by atoms with Crippen LogP contribution in [0.2, 0.25) is 0 Å². The number of ketones is 1. The summed E-state index contributed by atoms with van der Waals surface area (Å²) in [6.07, 6.45) is 1.51. The van der Waals surface area contributed by atoms with Crippen molar-refractivity contribution in [2.75, 3.05) is 10.6 Å². The van der Waals surface area contributed by atoms with Crippen LogP contribution in [0.5, 0.6) is 5.75 Å². The van der Waals surface area contributed by atoms with E-state index < -0.39 is 5.92 Å². The number of carbonyl (C=O) groups is 3. The Kier molecular flexibility index (Phi) is 7.04. The highest BCUT2D eigenvalue weighted by atomic mass is 16.3. The van der Waals surface area contributed by atoms with Crippen molar-refractivity contribution in [2.24, 2.45) is 4.99 Å². The fraction of sp³-hybridized carbons (Fsp3) is 0.219. The van der Waals surface area contributed by atoms with Crippen molar-refractivity contribution in [3.05, 3.63) is 100 Å². The molecule has 208 valence electrons. The number of nitrogens with zero attached hydrogens (tertiary/aromatic N) is 3. The van der Waals surface area contributed by atoms with Gasteiger partial charge < -0.3 is 15.7 Å². The Morgan fingerprint density at radius 2 is 1.78 bits per heavy atom. The summed E-state index contributed by atoms with van der Waals surface area (Å²) in [5.41, 5.74) is 4.54. The summed E-state index contributed by atoms with van der Waals surface area (Å²) in [7, 11) is 0. The van der Waals surface area contributed by atoms with Gasteiger partial charge in [-0.3, -0.25) is 24.1 Å². The standard InChI is InChI=1S/C32H31N5O4/c1-18-9-11-22(16-28(18)38)33-17-25-24-15-21(10-12-26(24)35-30(25)40)29(39)20-7-6-8-23(14-20)34-31(41)27-13-19(2)36-37(27)32(3,4)5/h6-17,25,38H,1-5H3,(H,34,41)(H,35,40). The minimum absolute atomic E-state index is 0.122. The molecule has 0 aliphatic carbocycles. The van der Waals surface area contributed by atoms with E-state index in [1.165, 1.54) is 12.3 Å². The van der Waals surface area contributed by atoms with Gasteiger partial charge in [0.05, 0.1) is 16.9 Å². The average molecular weight is 550 g/mol. The highest BCUT2D eigenvalue weighted by Gasteiger charge is 2.30. The van der Waals surface area contributed by atoms with Gasteiger partial charge in [-0.1, -0.05) is 18.2 Å². The summed E-state index contributed by atoms with van der Waals surface area (Å²) in [6.45, 7) is 9.54. The SMILES string of the molecule is Cc1cc(C(=O)Nc2cccc(C(=O)c3ccc4c(c3)C(C=Nc3ccc(C)c(O)c3)C(=O)N4)c2)n(C(C)(C)C)n1. The van der Waals surface area contributed by atoms with Gasteiger partial charge in [0, 0.05) is 34.8 Å². The highest BCUT2D eigenvalue weighted by molar-refractivity contribution is 6.15. The molecule has 1 aromatic heterocycles. The van der Waals surface area contributed by atoms with Gasteiger partial charge in [0.25, 0.3) is 5.91 Å². The maximum Gasteiger partial charge on any atom is 0.273 e. The number of aryl methyl sites for hydroxylation is 2. The molecule has 1 unspecified atom stereocenters. The van der Waals surface area contributed by atoms with E-state index in [2.05, 4.69) is 20.7 Å². The summed E-state index contributed by atoms with van der Waals surface area (Å²) in [4.78, 5) is 43.7. The Labute approximate surface area is 237 Å². The van der Waals surface area contributed by atoms with Gasteiger partial charge in [-0.15, -0.1) is 0 Å². The number of phenols is 1. The summed E-state index contributed by atoms with van der Waals surface area (Å²) in [5, 5.41) is 20.1. The summed E-state index contributed by atoms with van der Waals surface area (Å²) in [6, 6.07) is 18.6. The van der Waals surface area contributed by atoms with Gasteiger partial charge >= 0.3 is 0 Å². The second kappa shape index (κ2) is 10.5. The van der Waals surface area contributed by atoms with Crippen molar-refractivity contribution in [3.63, 3.8) is 0 Å². The Morgan fingerprint density at radius 1 is 1.02 bits per heavy atom. The van der Waals surface area contributed by atoms with Gasteiger partial charge in [0.1, 0.15) is 17.4 Å². The van der Waals surface area contributed by atoms with Crippen molar-refractivity contribution < 1.29 is 19.5 Å². The van der Waals surface area contributed by atoms with Crippen molar-refractivity contribution in [1.82, 2.24) is 9.78 Å². The number of amides is 2. The third-order valence-corrected chi connectivity index (χ3v) is 6.84. The second-order valence-electron chi connectivity index (χ2n) is 11.1. The van der Waals surface area contributed by atoms with E-state index >= 15 is 0 Å². The van der Waals surface area contributed by atoms with Crippen LogP contribution in [0.3, 0.4) is 0 Å². The van der Waals surface area contributed by atoms with E-state index in [0.717, 1.165) is 11.3 Å². The van der Waals surface area contributed by atoms with Gasteiger partial charge in [-0.2, -0.15) is 5.10 Å². The average Bonchev–Trinajstić information content (AvgIpc) is 3.48. The number of benzene rings is 3. The third kappa shape index (κ3) is 5.65. The number of aromatic nitrogens is 2. The molecule has 3 N–H and O–H groups in total. The molecule has 0 fully saturated rings. The number of hydrogen-bond acceptors (Lipinski definition) is 6. The lowest BCUT2D eigenvalue weighted by molar-refractivity contribution is -0.115. The Bertz CT molecular complexity index is 1730. The van der Waals surface area contributed by atoms with Crippen molar-refractivity contribution in [1.29, 1.82) is 0 Å². The highest BCUT2D eigenvalue weighted by Crippen LogP contribution is 2.34. The molecule has 0 radical (unpaired) electrons. The van der Waals surface area contributed by atoms with Gasteiger partial charge in [0.2, 0.25) is 5.91 Å². The molecule has 0 saturated carbocycles. The first-order valence-electron chi connectivity index (χ1n) is 13.2. The van der Waals surface area contributed by atoms with E-state index in [1.807, 2.05) is 27.7 Å². The van der Waals surface area contributed by atoms with Gasteiger partial charge in [-0.05, 0) is 88.2 Å². The fourth-order valence-corrected chi connectivity index (χ4v) is 4.69. The van der Waals surface area contributed by atoms with E-state index in [4.69, 9.17) is 0 Å². The fourth-order valence-electron chi connectivity index (χ4n) is 4.69. The van der Waals surface area contributed by atoms with Crippen LogP contribution < -0.4 is 10.6 Å². The molecule has 1 aliphatic heterocycles.